The number of ether oxygens (including phenoxy) is 1. The Morgan fingerprint density at radius 2 is 2.07 bits per heavy atom. The van der Waals surface area contributed by atoms with Crippen LogP contribution in [0.4, 0.5) is 13.2 Å². The summed E-state index contributed by atoms with van der Waals surface area (Å²) in [6, 6.07) is 3.91. The number of aromatic nitrogens is 2. The highest BCUT2D eigenvalue weighted by molar-refractivity contribution is 5.71. The van der Waals surface area contributed by atoms with Crippen LogP contribution in [0.5, 0.6) is 0 Å². The van der Waals surface area contributed by atoms with E-state index < -0.39 is 17.7 Å². The molecule has 1 fully saturated rings. The van der Waals surface area contributed by atoms with Crippen molar-refractivity contribution in [3.63, 3.8) is 0 Å². The van der Waals surface area contributed by atoms with Gasteiger partial charge in [0, 0.05) is 11.8 Å². The van der Waals surface area contributed by atoms with E-state index in [0.717, 1.165) is 37.6 Å². The number of piperidine rings is 1. The maximum atomic E-state index is 13.2. The van der Waals surface area contributed by atoms with Crippen molar-refractivity contribution in [2.24, 2.45) is 0 Å². The first-order valence-corrected chi connectivity index (χ1v) is 8.98. The van der Waals surface area contributed by atoms with E-state index in [1.54, 1.807) is 19.2 Å². The third kappa shape index (κ3) is 4.68. The van der Waals surface area contributed by atoms with Crippen LogP contribution in [0.2, 0.25) is 0 Å². The Kier molecular flexibility index (Phi) is 5.84. The maximum Gasteiger partial charge on any atom is 0.416 e. The number of esters is 1. The van der Waals surface area contributed by atoms with Crippen LogP contribution in [-0.4, -0.2) is 35.4 Å². The van der Waals surface area contributed by atoms with Gasteiger partial charge in [0.05, 0.1) is 18.4 Å². The average molecular weight is 381 g/mol. The Morgan fingerprint density at radius 1 is 1.33 bits per heavy atom. The molecule has 0 bridgehead atoms. The number of nitrogens with zero attached hydrogens (tertiary/aromatic N) is 2. The lowest BCUT2D eigenvalue weighted by atomic mass is 9.85. The minimum atomic E-state index is -4.41. The Hall–Kier alpha value is -2.35. The minimum Gasteiger partial charge on any atom is -0.465 e. The van der Waals surface area contributed by atoms with Gasteiger partial charge in [-0.3, -0.25) is 9.48 Å². The summed E-state index contributed by atoms with van der Waals surface area (Å²) in [4.78, 5) is 11.6. The molecule has 1 aliphatic rings. The van der Waals surface area contributed by atoms with Crippen molar-refractivity contribution in [3.8, 4) is 11.1 Å². The van der Waals surface area contributed by atoms with Crippen molar-refractivity contribution < 1.29 is 22.7 Å². The van der Waals surface area contributed by atoms with Crippen LogP contribution in [-0.2, 0) is 22.3 Å². The molecule has 0 unspecified atom stereocenters. The summed E-state index contributed by atoms with van der Waals surface area (Å²) in [7, 11) is 0. The predicted molar refractivity (Wildman–Crippen MR) is 94.1 cm³/mol. The highest BCUT2D eigenvalue weighted by atomic mass is 19.4. The van der Waals surface area contributed by atoms with E-state index >= 15 is 0 Å². The summed E-state index contributed by atoms with van der Waals surface area (Å²) in [5.74, 6) is -0.244. The number of rotatable bonds is 5. The number of halogens is 3. The number of hydrogen-bond donors (Lipinski definition) is 1. The standard InChI is InChI=1S/C19H22F3N3O2/c1-2-27-18(26)12-25-11-14(10-24-25)17-9-15(19(20,21)22)3-4-16(17)13-5-7-23-8-6-13/h3-4,9-11,13,23H,2,5-8,12H2,1H3. The van der Waals surface area contributed by atoms with Crippen LogP contribution >= 0.6 is 0 Å². The van der Waals surface area contributed by atoms with Crippen LogP contribution in [0.25, 0.3) is 11.1 Å². The Morgan fingerprint density at radius 3 is 2.74 bits per heavy atom. The van der Waals surface area contributed by atoms with Gasteiger partial charge < -0.3 is 10.1 Å². The van der Waals surface area contributed by atoms with Gasteiger partial charge in [0.25, 0.3) is 0 Å². The highest BCUT2D eigenvalue weighted by Gasteiger charge is 2.32. The molecule has 1 aliphatic heterocycles. The molecule has 1 aromatic carbocycles. The molecule has 1 N–H and O–H groups in total. The summed E-state index contributed by atoms with van der Waals surface area (Å²) < 4.78 is 46.0. The topological polar surface area (TPSA) is 56.1 Å². The SMILES string of the molecule is CCOC(=O)Cn1cc(-c2cc(C(F)(F)F)ccc2C2CCNCC2)cn1. The molecular formula is C19H22F3N3O2. The summed E-state index contributed by atoms with van der Waals surface area (Å²) >= 11 is 0. The van der Waals surface area contributed by atoms with Crippen molar-refractivity contribution in [1.82, 2.24) is 15.1 Å². The zero-order valence-corrected chi connectivity index (χ0v) is 15.1. The fourth-order valence-corrected chi connectivity index (χ4v) is 3.40. The van der Waals surface area contributed by atoms with Gasteiger partial charge in [-0.05, 0) is 62.0 Å². The molecule has 0 amide bonds. The van der Waals surface area contributed by atoms with Crippen LogP contribution in [0.15, 0.2) is 30.6 Å². The van der Waals surface area contributed by atoms with Gasteiger partial charge in [-0.15, -0.1) is 0 Å². The lowest BCUT2D eigenvalue weighted by Gasteiger charge is -2.25. The third-order valence-corrected chi connectivity index (χ3v) is 4.70. The fourth-order valence-electron chi connectivity index (χ4n) is 3.40. The van der Waals surface area contributed by atoms with Gasteiger partial charge in [0.2, 0.25) is 0 Å². The van der Waals surface area contributed by atoms with Gasteiger partial charge in [0.1, 0.15) is 6.54 Å². The van der Waals surface area contributed by atoms with E-state index in [2.05, 4.69) is 10.4 Å². The quantitative estimate of drug-likeness (QED) is 0.804. The first-order chi connectivity index (χ1) is 12.9. The van der Waals surface area contributed by atoms with E-state index in [1.165, 1.54) is 16.9 Å². The second-order valence-corrected chi connectivity index (χ2v) is 6.56. The van der Waals surface area contributed by atoms with Gasteiger partial charge in [-0.1, -0.05) is 6.07 Å². The summed E-state index contributed by atoms with van der Waals surface area (Å²) in [5, 5.41) is 7.38. The lowest BCUT2D eigenvalue weighted by Crippen LogP contribution is -2.27. The smallest absolute Gasteiger partial charge is 0.416 e. The van der Waals surface area contributed by atoms with Crippen molar-refractivity contribution in [2.45, 2.75) is 38.4 Å². The molecule has 5 nitrogen and oxygen atoms in total. The van der Waals surface area contributed by atoms with Crippen molar-refractivity contribution in [3.05, 3.63) is 41.7 Å². The van der Waals surface area contributed by atoms with E-state index in [4.69, 9.17) is 4.74 Å². The van der Waals surface area contributed by atoms with Crippen molar-refractivity contribution in [1.29, 1.82) is 0 Å². The van der Waals surface area contributed by atoms with Gasteiger partial charge in [-0.25, -0.2) is 0 Å². The minimum absolute atomic E-state index is 0.0739. The molecular weight excluding hydrogens is 359 g/mol. The molecule has 2 aromatic rings. The second-order valence-electron chi connectivity index (χ2n) is 6.56. The zero-order chi connectivity index (χ0) is 19.4. The largest absolute Gasteiger partial charge is 0.465 e. The summed E-state index contributed by atoms with van der Waals surface area (Å²) in [5.41, 5.74) is 1.29. The van der Waals surface area contributed by atoms with Crippen LogP contribution in [0.3, 0.4) is 0 Å². The summed E-state index contributed by atoms with van der Waals surface area (Å²) in [6.45, 7) is 3.58. The Balaban J connectivity index is 1.96. The average Bonchev–Trinajstić information content (AvgIpc) is 3.09. The molecule has 0 aliphatic carbocycles. The molecule has 1 aromatic heterocycles. The molecule has 8 heteroatoms. The van der Waals surface area contributed by atoms with E-state index in [9.17, 15) is 18.0 Å². The van der Waals surface area contributed by atoms with E-state index in [0.29, 0.717) is 11.1 Å². The monoisotopic (exact) mass is 381 g/mol. The molecule has 0 atom stereocenters. The molecule has 1 saturated heterocycles. The number of carbonyl (C=O) groups excluding carboxylic acids is 1. The van der Waals surface area contributed by atoms with Crippen molar-refractivity contribution in [2.75, 3.05) is 19.7 Å². The molecule has 27 heavy (non-hydrogen) atoms. The molecule has 0 radical (unpaired) electrons. The van der Waals surface area contributed by atoms with Crippen LogP contribution in [0.1, 0.15) is 36.8 Å². The number of alkyl halides is 3. The Labute approximate surface area is 155 Å². The Bertz CT molecular complexity index is 796. The third-order valence-electron chi connectivity index (χ3n) is 4.70. The fraction of sp³-hybridized carbons (Fsp3) is 0.474. The number of benzene rings is 1. The van der Waals surface area contributed by atoms with Crippen LogP contribution in [0, 0.1) is 0 Å². The maximum absolute atomic E-state index is 13.2. The molecule has 0 saturated carbocycles. The lowest BCUT2D eigenvalue weighted by molar-refractivity contribution is -0.144. The second kappa shape index (κ2) is 8.12. The molecule has 0 spiro atoms. The van der Waals surface area contributed by atoms with E-state index in [-0.39, 0.29) is 19.1 Å². The number of hydrogen-bond acceptors (Lipinski definition) is 4. The molecule has 2 heterocycles. The first kappa shape index (κ1) is 19.4. The summed E-state index contributed by atoms with van der Waals surface area (Å²) in [6.07, 6.45) is 0.420. The van der Waals surface area contributed by atoms with Crippen LogP contribution < -0.4 is 5.32 Å². The molecule has 146 valence electrons. The zero-order valence-electron chi connectivity index (χ0n) is 15.1. The predicted octanol–water partition coefficient (Wildman–Crippen LogP) is 3.60. The molecule has 3 rings (SSSR count). The van der Waals surface area contributed by atoms with Gasteiger partial charge in [0.15, 0.2) is 0 Å². The van der Waals surface area contributed by atoms with Gasteiger partial charge >= 0.3 is 12.1 Å². The number of nitrogens with one attached hydrogen (secondary N) is 1. The number of carbonyl (C=O) groups is 1. The van der Waals surface area contributed by atoms with Gasteiger partial charge in [-0.2, -0.15) is 18.3 Å². The van der Waals surface area contributed by atoms with E-state index in [1.807, 2.05) is 0 Å². The normalized spacial score (nSPS) is 15.7. The highest BCUT2D eigenvalue weighted by Crippen LogP contribution is 2.38. The first-order valence-electron chi connectivity index (χ1n) is 8.98. The van der Waals surface area contributed by atoms with Crippen molar-refractivity contribution >= 4 is 5.97 Å².